The van der Waals surface area contributed by atoms with Gasteiger partial charge in [-0.05, 0) is 55.2 Å². The van der Waals surface area contributed by atoms with Gasteiger partial charge in [0.2, 0.25) is 0 Å². The molecule has 144 valence electrons. The number of likely N-dealkylation sites (tertiary alicyclic amines) is 1. The van der Waals surface area contributed by atoms with Crippen LogP contribution in [0.3, 0.4) is 0 Å². The summed E-state index contributed by atoms with van der Waals surface area (Å²) in [4.78, 5) is 18.4. The van der Waals surface area contributed by atoms with Crippen molar-refractivity contribution in [2.24, 2.45) is 5.92 Å². The van der Waals surface area contributed by atoms with Crippen LogP contribution in [0.5, 0.6) is 0 Å². The number of nitrogens with zero attached hydrogens (tertiary/aromatic N) is 5. The van der Waals surface area contributed by atoms with Gasteiger partial charge in [0.05, 0.1) is 11.9 Å². The van der Waals surface area contributed by atoms with Crippen molar-refractivity contribution in [2.75, 3.05) is 18.4 Å². The molecule has 28 heavy (non-hydrogen) atoms. The van der Waals surface area contributed by atoms with Crippen molar-refractivity contribution < 1.29 is 9.18 Å². The Morgan fingerprint density at radius 3 is 2.61 bits per heavy atom. The largest absolute Gasteiger partial charge is 0.325 e. The fraction of sp³-hybridized carbons (Fsp3) is 0.300. The molecule has 1 fully saturated rings. The van der Waals surface area contributed by atoms with Crippen LogP contribution in [0.15, 0.2) is 54.9 Å². The summed E-state index contributed by atoms with van der Waals surface area (Å²) in [7, 11) is 0. The van der Waals surface area contributed by atoms with E-state index < -0.39 is 0 Å². The predicted octanol–water partition coefficient (Wildman–Crippen LogP) is 3.42. The second kappa shape index (κ2) is 8.16. The molecule has 0 aliphatic carbocycles. The van der Waals surface area contributed by atoms with Crippen molar-refractivity contribution >= 4 is 11.7 Å². The summed E-state index contributed by atoms with van der Waals surface area (Å²) in [5, 5.41) is 11.2. The second-order valence-electron chi connectivity index (χ2n) is 6.91. The number of piperidine rings is 1. The summed E-state index contributed by atoms with van der Waals surface area (Å²) in [5.41, 5.74) is 2.16. The molecular formula is C20H21FN6O. The number of aromatic nitrogens is 4. The first-order valence-electron chi connectivity index (χ1n) is 9.30. The van der Waals surface area contributed by atoms with E-state index in [0.717, 1.165) is 30.8 Å². The van der Waals surface area contributed by atoms with Crippen LogP contribution in [0.2, 0.25) is 0 Å². The highest BCUT2D eigenvalue weighted by atomic mass is 19.1. The highest BCUT2D eigenvalue weighted by Crippen LogP contribution is 2.21. The van der Waals surface area contributed by atoms with Crippen LogP contribution in [-0.4, -0.2) is 44.0 Å². The van der Waals surface area contributed by atoms with Crippen LogP contribution in [0, 0.1) is 11.7 Å². The summed E-state index contributed by atoms with van der Waals surface area (Å²) < 4.78 is 14.8. The number of nitrogens with one attached hydrogen (secondary N) is 1. The smallest absolute Gasteiger partial charge is 0.321 e. The molecule has 4 rings (SSSR count). The molecule has 1 saturated heterocycles. The zero-order valence-electron chi connectivity index (χ0n) is 15.3. The normalized spacial score (nSPS) is 14.8. The summed E-state index contributed by atoms with van der Waals surface area (Å²) in [5.74, 6) is 0.117. The van der Waals surface area contributed by atoms with E-state index in [1.165, 1.54) is 12.1 Å². The molecule has 1 aromatic carbocycles. The van der Waals surface area contributed by atoms with Crippen LogP contribution in [0.1, 0.15) is 12.8 Å². The highest BCUT2D eigenvalue weighted by Gasteiger charge is 2.23. The lowest BCUT2D eigenvalue weighted by Crippen LogP contribution is -2.41. The van der Waals surface area contributed by atoms with E-state index in [0.29, 0.717) is 24.7 Å². The molecule has 0 radical (unpaired) electrons. The molecule has 2 aromatic heterocycles. The second-order valence-corrected chi connectivity index (χ2v) is 6.91. The zero-order valence-corrected chi connectivity index (χ0v) is 15.3. The molecule has 3 aromatic rings. The third-order valence-electron chi connectivity index (χ3n) is 4.91. The minimum Gasteiger partial charge on any atom is -0.325 e. The van der Waals surface area contributed by atoms with E-state index in [1.54, 1.807) is 23.2 Å². The average Bonchev–Trinajstić information content (AvgIpc) is 3.19. The van der Waals surface area contributed by atoms with Crippen LogP contribution in [-0.2, 0) is 6.54 Å². The van der Waals surface area contributed by atoms with Crippen LogP contribution < -0.4 is 5.32 Å². The van der Waals surface area contributed by atoms with E-state index in [2.05, 4.69) is 20.6 Å². The molecule has 1 aliphatic rings. The molecule has 0 spiro atoms. The predicted molar refractivity (Wildman–Crippen MR) is 103 cm³/mol. The molecule has 8 heteroatoms. The Morgan fingerprint density at radius 2 is 1.89 bits per heavy atom. The van der Waals surface area contributed by atoms with Gasteiger partial charge in [-0.25, -0.2) is 9.18 Å². The molecule has 0 bridgehead atoms. The van der Waals surface area contributed by atoms with Crippen molar-refractivity contribution in [2.45, 2.75) is 19.4 Å². The van der Waals surface area contributed by atoms with Gasteiger partial charge >= 0.3 is 6.03 Å². The van der Waals surface area contributed by atoms with Gasteiger partial charge in [0, 0.05) is 31.5 Å². The van der Waals surface area contributed by atoms with Crippen LogP contribution in [0.4, 0.5) is 14.9 Å². The SMILES string of the molecule is O=C(Nc1ccc(F)cc1)N1CCC(Cn2cc(-c3ccccn3)nn2)CC1. The first-order chi connectivity index (χ1) is 13.7. The maximum Gasteiger partial charge on any atom is 0.321 e. The molecule has 1 aliphatic heterocycles. The summed E-state index contributed by atoms with van der Waals surface area (Å²) >= 11 is 0. The Kier molecular flexibility index (Phi) is 5.27. The van der Waals surface area contributed by atoms with E-state index in [4.69, 9.17) is 0 Å². The van der Waals surface area contributed by atoms with Gasteiger partial charge in [-0.2, -0.15) is 0 Å². The number of carbonyl (C=O) groups is 1. The van der Waals surface area contributed by atoms with Gasteiger partial charge < -0.3 is 10.2 Å². The van der Waals surface area contributed by atoms with Crippen molar-refractivity contribution in [1.29, 1.82) is 0 Å². The van der Waals surface area contributed by atoms with Gasteiger partial charge in [0.1, 0.15) is 11.5 Å². The number of halogens is 1. The third-order valence-corrected chi connectivity index (χ3v) is 4.91. The fourth-order valence-electron chi connectivity index (χ4n) is 3.34. The summed E-state index contributed by atoms with van der Waals surface area (Å²) in [6.07, 6.45) is 5.45. The molecular weight excluding hydrogens is 359 g/mol. The van der Waals surface area contributed by atoms with E-state index in [1.807, 2.05) is 29.1 Å². The first-order valence-corrected chi connectivity index (χ1v) is 9.30. The van der Waals surface area contributed by atoms with Gasteiger partial charge in [0.25, 0.3) is 0 Å². The van der Waals surface area contributed by atoms with Crippen molar-refractivity contribution in [3.63, 3.8) is 0 Å². The van der Waals surface area contributed by atoms with Gasteiger partial charge in [-0.15, -0.1) is 5.10 Å². The maximum atomic E-state index is 13.0. The quantitative estimate of drug-likeness (QED) is 0.752. The van der Waals surface area contributed by atoms with Gasteiger partial charge in [-0.3, -0.25) is 9.67 Å². The van der Waals surface area contributed by atoms with Crippen molar-refractivity contribution in [3.8, 4) is 11.4 Å². The summed E-state index contributed by atoms with van der Waals surface area (Å²) in [6.45, 7) is 2.13. The Morgan fingerprint density at radius 1 is 1.11 bits per heavy atom. The van der Waals surface area contributed by atoms with Gasteiger partial charge in [0.15, 0.2) is 0 Å². The summed E-state index contributed by atoms with van der Waals surface area (Å²) in [6, 6.07) is 11.3. The number of benzene rings is 1. The fourth-order valence-corrected chi connectivity index (χ4v) is 3.34. The number of urea groups is 1. The molecule has 2 amide bonds. The molecule has 1 N–H and O–H groups in total. The lowest BCUT2D eigenvalue weighted by atomic mass is 9.97. The van der Waals surface area contributed by atoms with Gasteiger partial charge in [-0.1, -0.05) is 11.3 Å². The average molecular weight is 380 g/mol. The molecule has 0 unspecified atom stereocenters. The van der Waals surface area contributed by atoms with E-state index >= 15 is 0 Å². The minimum absolute atomic E-state index is 0.150. The molecule has 0 atom stereocenters. The Bertz CT molecular complexity index is 919. The Hall–Kier alpha value is -3.29. The number of anilines is 1. The molecule has 3 heterocycles. The third kappa shape index (κ3) is 4.33. The Labute approximate surface area is 162 Å². The monoisotopic (exact) mass is 380 g/mol. The molecule has 0 saturated carbocycles. The molecule has 7 nitrogen and oxygen atoms in total. The van der Waals surface area contributed by atoms with Crippen LogP contribution in [0.25, 0.3) is 11.4 Å². The van der Waals surface area contributed by atoms with Crippen molar-refractivity contribution in [1.82, 2.24) is 24.9 Å². The van der Waals surface area contributed by atoms with Crippen LogP contribution >= 0.6 is 0 Å². The van der Waals surface area contributed by atoms with Crippen molar-refractivity contribution in [3.05, 3.63) is 60.7 Å². The number of rotatable bonds is 4. The lowest BCUT2D eigenvalue weighted by molar-refractivity contribution is 0.175. The zero-order chi connectivity index (χ0) is 19.3. The number of hydrogen-bond donors (Lipinski definition) is 1. The number of carbonyl (C=O) groups excluding carboxylic acids is 1. The lowest BCUT2D eigenvalue weighted by Gasteiger charge is -2.31. The standard InChI is InChI=1S/C20H21FN6O/c21-16-4-6-17(7-5-16)23-20(28)26-11-8-15(9-12-26)13-27-14-19(24-25-27)18-3-1-2-10-22-18/h1-7,10,14-15H,8-9,11-13H2,(H,23,28). The minimum atomic E-state index is -0.321. The number of pyridine rings is 1. The van der Waals surface area contributed by atoms with E-state index in [9.17, 15) is 9.18 Å². The Balaban J connectivity index is 1.28. The number of amides is 2. The number of hydrogen-bond acceptors (Lipinski definition) is 4. The highest BCUT2D eigenvalue weighted by molar-refractivity contribution is 5.89. The maximum absolute atomic E-state index is 13.0. The van der Waals surface area contributed by atoms with E-state index in [-0.39, 0.29) is 11.8 Å². The first kappa shape index (κ1) is 18.1. The topological polar surface area (TPSA) is 75.9 Å².